The van der Waals surface area contributed by atoms with Gasteiger partial charge in [-0.25, -0.2) is 13.1 Å². The van der Waals surface area contributed by atoms with Crippen LogP contribution in [0.5, 0.6) is 0 Å². The van der Waals surface area contributed by atoms with E-state index in [2.05, 4.69) is 4.72 Å². The summed E-state index contributed by atoms with van der Waals surface area (Å²) in [6, 6.07) is 5.90. The fourth-order valence-corrected chi connectivity index (χ4v) is 3.22. The lowest BCUT2D eigenvalue weighted by Gasteiger charge is -2.24. The minimum Gasteiger partial charge on any atom is -0.329 e. The first kappa shape index (κ1) is 18.2. The van der Waals surface area contributed by atoms with Gasteiger partial charge < -0.3 is 5.73 Å². The van der Waals surface area contributed by atoms with Gasteiger partial charge in [-0.1, -0.05) is 11.6 Å². The fraction of sp³-hybridized carbons (Fsp3) is 0.364. The average molecular weight is 324 g/mol. The number of nitrogens with zero attached hydrogens (tertiary/aromatic N) is 1. The summed E-state index contributed by atoms with van der Waals surface area (Å²) in [7, 11) is -3.76. The molecule has 1 aromatic rings. The predicted octanol–water partition coefficient (Wildman–Crippen LogP) is 1.65. The van der Waals surface area contributed by atoms with Crippen LogP contribution in [0.25, 0.3) is 0 Å². The van der Waals surface area contributed by atoms with Gasteiger partial charge in [0.25, 0.3) is 0 Å². The summed E-state index contributed by atoms with van der Waals surface area (Å²) in [5, 5.41) is 8.70. The molecule has 0 saturated heterocycles. The number of sulfonamides is 1. The molecule has 0 bridgehead atoms. The maximum atomic E-state index is 12.1. The molecule has 0 atom stereocenters. The molecule has 0 heterocycles. The smallest absolute Gasteiger partial charge is 0.242 e. The zero-order chi connectivity index (χ0) is 14.0. The Morgan fingerprint density at radius 2 is 2.05 bits per heavy atom. The lowest BCUT2D eigenvalue weighted by Crippen LogP contribution is -2.48. The zero-order valence-corrected chi connectivity index (χ0v) is 12.9. The van der Waals surface area contributed by atoms with E-state index in [1.54, 1.807) is 13.8 Å². The van der Waals surface area contributed by atoms with E-state index in [9.17, 15) is 8.42 Å². The summed E-state index contributed by atoms with van der Waals surface area (Å²) >= 11 is 5.86. The van der Waals surface area contributed by atoms with Crippen LogP contribution in [0.2, 0.25) is 5.02 Å². The second-order valence-corrected chi connectivity index (χ2v) is 6.51. The van der Waals surface area contributed by atoms with Gasteiger partial charge >= 0.3 is 0 Å². The molecule has 0 fully saturated rings. The molecule has 0 radical (unpaired) electrons. The molecule has 0 amide bonds. The number of nitrogens with one attached hydrogen (secondary N) is 1. The van der Waals surface area contributed by atoms with Gasteiger partial charge in [0.15, 0.2) is 0 Å². The summed E-state index contributed by atoms with van der Waals surface area (Å²) in [5.74, 6) is 0. The van der Waals surface area contributed by atoms with Crippen LogP contribution in [0.3, 0.4) is 0 Å². The summed E-state index contributed by atoms with van der Waals surface area (Å²) in [4.78, 5) is -0.0651. The summed E-state index contributed by atoms with van der Waals surface area (Å²) in [6.07, 6.45) is 0. The Hall–Kier alpha value is -0.840. The maximum Gasteiger partial charge on any atom is 0.242 e. The molecular weight excluding hydrogens is 309 g/mol. The van der Waals surface area contributed by atoms with Crippen molar-refractivity contribution in [3.05, 3.63) is 28.8 Å². The van der Waals surface area contributed by atoms with Crippen molar-refractivity contribution in [2.24, 2.45) is 5.73 Å². The number of halogens is 2. The monoisotopic (exact) mass is 323 g/mol. The Morgan fingerprint density at radius 3 is 2.47 bits per heavy atom. The maximum absolute atomic E-state index is 12.1. The number of benzene rings is 1. The first-order valence-corrected chi connectivity index (χ1v) is 7.02. The van der Waals surface area contributed by atoms with Crippen molar-refractivity contribution in [3.63, 3.8) is 0 Å². The molecule has 19 heavy (non-hydrogen) atoms. The largest absolute Gasteiger partial charge is 0.329 e. The lowest BCUT2D eigenvalue weighted by atomic mass is 10.1. The van der Waals surface area contributed by atoms with E-state index >= 15 is 0 Å². The quantitative estimate of drug-likeness (QED) is 0.880. The summed E-state index contributed by atoms with van der Waals surface area (Å²) in [6.45, 7) is 3.49. The number of nitriles is 1. The van der Waals surface area contributed by atoms with E-state index in [4.69, 9.17) is 22.6 Å². The van der Waals surface area contributed by atoms with Crippen molar-refractivity contribution in [2.45, 2.75) is 24.3 Å². The minimum absolute atomic E-state index is 0. The summed E-state index contributed by atoms with van der Waals surface area (Å²) < 4.78 is 26.6. The highest BCUT2D eigenvalue weighted by molar-refractivity contribution is 7.89. The normalized spacial score (nSPS) is 11.5. The molecule has 0 aliphatic carbocycles. The number of rotatable bonds is 4. The van der Waals surface area contributed by atoms with Crippen LogP contribution in [-0.2, 0) is 10.0 Å². The first-order chi connectivity index (χ1) is 8.22. The molecule has 0 aliphatic rings. The second-order valence-electron chi connectivity index (χ2n) is 4.45. The van der Waals surface area contributed by atoms with E-state index in [1.807, 2.05) is 6.07 Å². The van der Waals surface area contributed by atoms with Gasteiger partial charge in [-0.2, -0.15) is 5.26 Å². The Morgan fingerprint density at radius 1 is 1.47 bits per heavy atom. The van der Waals surface area contributed by atoms with E-state index in [0.717, 1.165) is 0 Å². The van der Waals surface area contributed by atoms with Gasteiger partial charge in [-0.05, 0) is 32.0 Å². The zero-order valence-electron chi connectivity index (χ0n) is 10.5. The van der Waals surface area contributed by atoms with Crippen molar-refractivity contribution in [1.29, 1.82) is 5.26 Å². The lowest BCUT2D eigenvalue weighted by molar-refractivity contribution is 0.462. The van der Waals surface area contributed by atoms with Crippen LogP contribution in [-0.4, -0.2) is 20.5 Å². The fourth-order valence-electron chi connectivity index (χ4n) is 1.25. The van der Waals surface area contributed by atoms with Crippen molar-refractivity contribution in [3.8, 4) is 6.07 Å². The topological polar surface area (TPSA) is 96.0 Å². The molecule has 5 nitrogen and oxygen atoms in total. The van der Waals surface area contributed by atoms with Crippen molar-refractivity contribution in [2.75, 3.05) is 6.54 Å². The highest BCUT2D eigenvalue weighted by Crippen LogP contribution is 2.23. The van der Waals surface area contributed by atoms with E-state index in [1.165, 1.54) is 18.2 Å². The van der Waals surface area contributed by atoms with Gasteiger partial charge in [0.2, 0.25) is 10.0 Å². The van der Waals surface area contributed by atoms with E-state index in [-0.39, 0.29) is 28.9 Å². The van der Waals surface area contributed by atoms with Gasteiger partial charge in [0, 0.05) is 12.1 Å². The van der Waals surface area contributed by atoms with Gasteiger partial charge in [-0.15, -0.1) is 12.4 Å². The average Bonchev–Trinajstić information content (AvgIpc) is 2.27. The predicted molar refractivity (Wildman–Crippen MR) is 76.9 cm³/mol. The Balaban J connectivity index is 0.00000324. The van der Waals surface area contributed by atoms with Crippen molar-refractivity contribution in [1.82, 2.24) is 4.72 Å². The van der Waals surface area contributed by atoms with Crippen LogP contribution < -0.4 is 10.5 Å². The van der Waals surface area contributed by atoms with Gasteiger partial charge in [0.1, 0.15) is 4.90 Å². The number of hydrogen-bond acceptors (Lipinski definition) is 4. The molecule has 1 aromatic carbocycles. The third kappa shape index (κ3) is 4.64. The molecule has 0 aromatic heterocycles. The molecular formula is C11H15Cl2N3O2S. The van der Waals surface area contributed by atoms with Crippen LogP contribution in [0.1, 0.15) is 19.4 Å². The van der Waals surface area contributed by atoms with Gasteiger partial charge in [0.05, 0.1) is 16.7 Å². The SMILES string of the molecule is CC(C)(CN)NS(=O)(=O)c1ccc(C#N)cc1Cl.Cl. The standard InChI is InChI=1S/C11H14ClN3O2S.ClH/c1-11(2,7-14)15-18(16,17)10-4-3-8(6-13)5-9(10)12;/h3-5,15H,7,14H2,1-2H3;1H. The number of nitrogens with two attached hydrogens (primary N) is 1. The van der Waals surface area contributed by atoms with Crippen molar-refractivity contribution >= 4 is 34.0 Å². The Labute approximate surface area is 124 Å². The first-order valence-electron chi connectivity index (χ1n) is 5.15. The summed E-state index contributed by atoms with van der Waals surface area (Å²) in [5.41, 5.74) is 5.01. The highest BCUT2D eigenvalue weighted by Gasteiger charge is 2.26. The third-order valence-corrected chi connectivity index (χ3v) is 4.45. The van der Waals surface area contributed by atoms with Crippen LogP contribution in [0, 0.1) is 11.3 Å². The molecule has 0 saturated carbocycles. The van der Waals surface area contributed by atoms with Gasteiger partial charge in [-0.3, -0.25) is 0 Å². The number of hydrogen-bond donors (Lipinski definition) is 2. The second kappa shape index (κ2) is 6.55. The molecule has 8 heteroatoms. The van der Waals surface area contributed by atoms with Crippen LogP contribution in [0.4, 0.5) is 0 Å². The van der Waals surface area contributed by atoms with E-state index in [0.29, 0.717) is 5.56 Å². The molecule has 106 valence electrons. The Bertz CT molecular complexity index is 594. The molecule has 3 N–H and O–H groups in total. The molecule has 0 aliphatic heterocycles. The van der Waals surface area contributed by atoms with Crippen LogP contribution in [0.15, 0.2) is 23.1 Å². The molecule has 1 rings (SSSR count). The van der Waals surface area contributed by atoms with Crippen LogP contribution >= 0.6 is 24.0 Å². The van der Waals surface area contributed by atoms with E-state index < -0.39 is 15.6 Å². The van der Waals surface area contributed by atoms with Crippen molar-refractivity contribution < 1.29 is 8.42 Å². The minimum atomic E-state index is -3.76. The Kier molecular flexibility index (Phi) is 6.26. The molecule has 0 unspecified atom stereocenters. The molecule has 0 spiro atoms. The highest BCUT2D eigenvalue weighted by atomic mass is 35.5. The third-order valence-electron chi connectivity index (χ3n) is 2.27.